The fraction of sp³-hybridized carbons (Fsp3) is 0.200. The molecular formula is C15H15N3O2S. The van der Waals surface area contributed by atoms with Gasteiger partial charge >= 0.3 is 0 Å². The van der Waals surface area contributed by atoms with Crippen LogP contribution >= 0.6 is 11.3 Å². The summed E-state index contributed by atoms with van der Waals surface area (Å²) in [6.45, 7) is 1.22. The summed E-state index contributed by atoms with van der Waals surface area (Å²) in [4.78, 5) is 27.2. The van der Waals surface area contributed by atoms with Gasteiger partial charge in [-0.25, -0.2) is 5.84 Å². The Balaban J connectivity index is 1.76. The molecule has 2 amide bonds. The van der Waals surface area contributed by atoms with Crippen molar-refractivity contribution in [1.82, 2.24) is 10.3 Å². The molecular weight excluding hydrogens is 286 g/mol. The SMILES string of the molecule is NNC(=O)c1ccc(CN2CCc3ccccc3C2=O)s1. The van der Waals surface area contributed by atoms with Gasteiger partial charge in [0.25, 0.3) is 11.8 Å². The van der Waals surface area contributed by atoms with Crippen molar-refractivity contribution in [2.45, 2.75) is 13.0 Å². The molecule has 0 spiro atoms. The zero-order chi connectivity index (χ0) is 14.8. The Kier molecular flexibility index (Phi) is 3.72. The third-order valence-electron chi connectivity index (χ3n) is 3.55. The number of hydrogen-bond donors (Lipinski definition) is 2. The average Bonchev–Trinajstić information content (AvgIpc) is 2.98. The summed E-state index contributed by atoms with van der Waals surface area (Å²) in [6.07, 6.45) is 0.865. The zero-order valence-corrected chi connectivity index (χ0v) is 12.2. The van der Waals surface area contributed by atoms with E-state index < -0.39 is 0 Å². The van der Waals surface area contributed by atoms with Crippen LogP contribution in [-0.4, -0.2) is 23.3 Å². The van der Waals surface area contributed by atoms with Crippen molar-refractivity contribution >= 4 is 23.2 Å². The summed E-state index contributed by atoms with van der Waals surface area (Å²) in [6, 6.07) is 11.3. The molecule has 1 aromatic heterocycles. The molecule has 0 radical (unpaired) electrons. The smallest absolute Gasteiger partial charge is 0.275 e. The number of rotatable bonds is 3. The summed E-state index contributed by atoms with van der Waals surface area (Å²) in [7, 11) is 0. The first-order chi connectivity index (χ1) is 10.2. The van der Waals surface area contributed by atoms with Gasteiger partial charge in [0, 0.05) is 17.0 Å². The Hall–Kier alpha value is -2.18. The Bertz CT molecular complexity index is 696. The van der Waals surface area contributed by atoms with Gasteiger partial charge in [-0.15, -0.1) is 11.3 Å². The Morgan fingerprint density at radius 1 is 1.29 bits per heavy atom. The van der Waals surface area contributed by atoms with Gasteiger partial charge in [-0.3, -0.25) is 15.0 Å². The van der Waals surface area contributed by atoms with E-state index in [1.807, 2.05) is 35.2 Å². The number of nitrogen functional groups attached to an aromatic ring is 1. The first kappa shape index (κ1) is 13.8. The molecule has 21 heavy (non-hydrogen) atoms. The summed E-state index contributed by atoms with van der Waals surface area (Å²) in [5.41, 5.74) is 3.99. The van der Waals surface area contributed by atoms with Gasteiger partial charge in [0.2, 0.25) is 0 Å². The van der Waals surface area contributed by atoms with E-state index in [2.05, 4.69) is 5.43 Å². The number of nitrogens with two attached hydrogens (primary N) is 1. The summed E-state index contributed by atoms with van der Waals surface area (Å²) in [5.74, 6) is 4.86. The molecule has 3 N–H and O–H groups in total. The van der Waals surface area contributed by atoms with E-state index >= 15 is 0 Å². The summed E-state index contributed by atoms with van der Waals surface area (Å²) in [5, 5.41) is 0. The van der Waals surface area contributed by atoms with Gasteiger partial charge in [0.15, 0.2) is 0 Å². The molecule has 5 nitrogen and oxygen atoms in total. The molecule has 0 fully saturated rings. The van der Waals surface area contributed by atoms with Crippen molar-refractivity contribution < 1.29 is 9.59 Å². The molecule has 0 saturated carbocycles. The van der Waals surface area contributed by atoms with Gasteiger partial charge < -0.3 is 4.90 Å². The molecule has 0 unspecified atom stereocenters. The van der Waals surface area contributed by atoms with Crippen LogP contribution in [-0.2, 0) is 13.0 Å². The van der Waals surface area contributed by atoms with E-state index in [-0.39, 0.29) is 11.8 Å². The first-order valence-corrected chi connectivity index (χ1v) is 7.47. The minimum absolute atomic E-state index is 0.0510. The molecule has 108 valence electrons. The number of carbonyl (C=O) groups excluding carboxylic acids is 2. The third-order valence-corrected chi connectivity index (χ3v) is 4.62. The van der Waals surface area contributed by atoms with Crippen LogP contribution < -0.4 is 11.3 Å². The largest absolute Gasteiger partial charge is 0.333 e. The van der Waals surface area contributed by atoms with E-state index in [0.717, 1.165) is 22.4 Å². The van der Waals surface area contributed by atoms with Crippen LogP contribution in [0.4, 0.5) is 0 Å². The topological polar surface area (TPSA) is 75.4 Å². The number of carbonyl (C=O) groups is 2. The molecule has 3 rings (SSSR count). The normalized spacial score (nSPS) is 14.0. The fourth-order valence-corrected chi connectivity index (χ4v) is 3.40. The van der Waals surface area contributed by atoms with E-state index in [4.69, 9.17) is 5.84 Å². The second-order valence-electron chi connectivity index (χ2n) is 4.87. The van der Waals surface area contributed by atoms with Crippen molar-refractivity contribution in [3.05, 3.63) is 57.3 Å². The van der Waals surface area contributed by atoms with Crippen LogP contribution in [0.3, 0.4) is 0 Å². The minimum Gasteiger partial charge on any atom is -0.333 e. The lowest BCUT2D eigenvalue weighted by Gasteiger charge is -2.28. The van der Waals surface area contributed by atoms with Crippen LogP contribution in [0.25, 0.3) is 0 Å². The quantitative estimate of drug-likeness (QED) is 0.513. The number of amides is 2. The zero-order valence-electron chi connectivity index (χ0n) is 11.3. The van der Waals surface area contributed by atoms with Gasteiger partial charge in [-0.05, 0) is 30.2 Å². The van der Waals surface area contributed by atoms with Gasteiger partial charge in [0.1, 0.15) is 0 Å². The molecule has 0 atom stereocenters. The molecule has 2 heterocycles. The van der Waals surface area contributed by atoms with Crippen molar-refractivity contribution in [3.63, 3.8) is 0 Å². The van der Waals surface area contributed by atoms with Crippen LogP contribution in [0.15, 0.2) is 36.4 Å². The highest BCUT2D eigenvalue weighted by molar-refractivity contribution is 7.14. The number of benzene rings is 1. The van der Waals surface area contributed by atoms with Gasteiger partial charge in [-0.1, -0.05) is 18.2 Å². The van der Waals surface area contributed by atoms with Crippen LogP contribution in [0.5, 0.6) is 0 Å². The highest BCUT2D eigenvalue weighted by Crippen LogP contribution is 2.23. The molecule has 0 bridgehead atoms. The third kappa shape index (κ3) is 2.68. The molecule has 1 aliphatic rings. The number of fused-ring (bicyclic) bond motifs is 1. The molecule has 6 heteroatoms. The highest BCUT2D eigenvalue weighted by atomic mass is 32.1. The number of nitrogens with one attached hydrogen (secondary N) is 1. The first-order valence-electron chi connectivity index (χ1n) is 6.66. The van der Waals surface area contributed by atoms with Crippen molar-refractivity contribution in [2.24, 2.45) is 5.84 Å². The lowest BCUT2D eigenvalue weighted by atomic mass is 9.99. The monoisotopic (exact) mass is 301 g/mol. The average molecular weight is 301 g/mol. The fourth-order valence-electron chi connectivity index (χ4n) is 2.47. The predicted octanol–water partition coefficient (Wildman–Crippen LogP) is 1.55. The number of hydrogen-bond acceptors (Lipinski definition) is 4. The summed E-state index contributed by atoms with van der Waals surface area (Å²) >= 11 is 1.36. The molecule has 0 aliphatic carbocycles. The van der Waals surface area contributed by atoms with E-state index in [0.29, 0.717) is 18.0 Å². The Labute approximate surface area is 126 Å². The van der Waals surface area contributed by atoms with Crippen molar-refractivity contribution in [2.75, 3.05) is 6.54 Å². The highest BCUT2D eigenvalue weighted by Gasteiger charge is 2.24. The number of nitrogens with zero attached hydrogens (tertiary/aromatic N) is 1. The molecule has 1 aliphatic heterocycles. The van der Waals surface area contributed by atoms with Crippen LogP contribution in [0.2, 0.25) is 0 Å². The maximum absolute atomic E-state index is 12.4. The Morgan fingerprint density at radius 3 is 2.90 bits per heavy atom. The van der Waals surface area contributed by atoms with Crippen LogP contribution in [0.1, 0.15) is 30.5 Å². The lowest BCUT2D eigenvalue weighted by Crippen LogP contribution is -2.36. The maximum atomic E-state index is 12.4. The second-order valence-corrected chi connectivity index (χ2v) is 6.04. The van der Waals surface area contributed by atoms with E-state index in [9.17, 15) is 9.59 Å². The Morgan fingerprint density at radius 2 is 2.10 bits per heavy atom. The van der Waals surface area contributed by atoms with E-state index in [1.165, 1.54) is 11.3 Å². The second kappa shape index (κ2) is 5.67. The standard InChI is InChI=1S/C15H15N3O2S/c16-17-14(19)13-6-5-11(21-13)9-18-8-7-10-3-1-2-4-12(10)15(18)20/h1-6H,7-9,16H2,(H,17,19). The minimum atomic E-state index is -0.304. The van der Waals surface area contributed by atoms with Gasteiger partial charge in [0.05, 0.1) is 11.4 Å². The van der Waals surface area contributed by atoms with Crippen LogP contribution in [0, 0.1) is 0 Å². The molecule has 2 aromatic rings. The van der Waals surface area contributed by atoms with Gasteiger partial charge in [-0.2, -0.15) is 0 Å². The van der Waals surface area contributed by atoms with Crippen molar-refractivity contribution in [1.29, 1.82) is 0 Å². The number of thiophene rings is 1. The lowest BCUT2D eigenvalue weighted by molar-refractivity contribution is 0.0728. The predicted molar refractivity (Wildman–Crippen MR) is 80.9 cm³/mol. The molecule has 0 saturated heterocycles. The molecule has 1 aromatic carbocycles. The number of hydrazine groups is 1. The van der Waals surface area contributed by atoms with Crippen molar-refractivity contribution in [3.8, 4) is 0 Å². The summed E-state index contributed by atoms with van der Waals surface area (Å²) < 4.78 is 0. The van der Waals surface area contributed by atoms with E-state index in [1.54, 1.807) is 6.07 Å². The maximum Gasteiger partial charge on any atom is 0.275 e.